The number of amides is 1. The van der Waals surface area contributed by atoms with E-state index in [0.717, 1.165) is 37.2 Å². The lowest BCUT2D eigenvalue weighted by Gasteiger charge is -2.41. The Labute approximate surface area is 181 Å². The number of aryl methyl sites for hydroxylation is 2. The summed E-state index contributed by atoms with van der Waals surface area (Å²) >= 11 is 0. The minimum absolute atomic E-state index is 0.168. The highest BCUT2D eigenvalue weighted by Crippen LogP contribution is 2.46. The molecule has 8 nitrogen and oxygen atoms in total. The number of aromatic nitrogens is 5. The Morgan fingerprint density at radius 3 is 2.97 bits per heavy atom. The fourth-order valence-corrected chi connectivity index (χ4v) is 4.65. The summed E-state index contributed by atoms with van der Waals surface area (Å²) in [6.45, 7) is 4.05. The summed E-state index contributed by atoms with van der Waals surface area (Å²) in [5.41, 5.74) is 1.55. The molecule has 1 aliphatic carbocycles. The largest absolute Gasteiger partial charge is 0.342 e. The zero-order valence-electron chi connectivity index (χ0n) is 17.9. The van der Waals surface area contributed by atoms with Crippen molar-refractivity contribution in [2.75, 3.05) is 13.1 Å². The van der Waals surface area contributed by atoms with E-state index in [4.69, 9.17) is 9.51 Å². The van der Waals surface area contributed by atoms with E-state index < -0.39 is 0 Å². The van der Waals surface area contributed by atoms with Gasteiger partial charge in [0, 0.05) is 38.4 Å². The van der Waals surface area contributed by atoms with E-state index in [9.17, 15) is 4.79 Å². The van der Waals surface area contributed by atoms with E-state index in [-0.39, 0.29) is 11.3 Å². The molecule has 1 saturated heterocycles. The molecule has 1 atom stereocenters. The molecule has 2 aliphatic rings. The summed E-state index contributed by atoms with van der Waals surface area (Å²) in [6.07, 6.45) is 11.4. The van der Waals surface area contributed by atoms with Gasteiger partial charge in [0.15, 0.2) is 5.82 Å². The first kappa shape index (κ1) is 19.9. The number of hydrogen-bond acceptors (Lipinski definition) is 6. The molecule has 8 heteroatoms. The van der Waals surface area contributed by atoms with Gasteiger partial charge in [0.1, 0.15) is 5.69 Å². The van der Waals surface area contributed by atoms with Crippen molar-refractivity contribution < 1.29 is 9.32 Å². The van der Waals surface area contributed by atoms with Crippen molar-refractivity contribution in [3.63, 3.8) is 0 Å². The molecule has 3 aromatic heterocycles. The van der Waals surface area contributed by atoms with Crippen LogP contribution >= 0.6 is 0 Å². The summed E-state index contributed by atoms with van der Waals surface area (Å²) in [5, 5.41) is 8.68. The molecule has 0 aromatic carbocycles. The fourth-order valence-electron chi connectivity index (χ4n) is 4.65. The second-order valence-corrected chi connectivity index (χ2v) is 9.02. The zero-order valence-corrected chi connectivity index (χ0v) is 17.9. The predicted molar refractivity (Wildman–Crippen MR) is 114 cm³/mol. The van der Waals surface area contributed by atoms with Crippen LogP contribution in [0.3, 0.4) is 0 Å². The lowest BCUT2D eigenvalue weighted by molar-refractivity contribution is -0.134. The number of piperidine rings is 1. The van der Waals surface area contributed by atoms with Crippen LogP contribution in [0.5, 0.6) is 0 Å². The average Bonchev–Trinajstić information content (AvgIpc) is 3.28. The molecule has 0 bridgehead atoms. The molecule has 0 N–H and O–H groups in total. The van der Waals surface area contributed by atoms with Crippen LogP contribution in [0.1, 0.15) is 49.9 Å². The van der Waals surface area contributed by atoms with Crippen molar-refractivity contribution in [1.29, 1.82) is 0 Å². The lowest BCUT2D eigenvalue weighted by Crippen LogP contribution is -2.49. The van der Waals surface area contributed by atoms with Crippen molar-refractivity contribution in [2.24, 2.45) is 5.92 Å². The van der Waals surface area contributed by atoms with Crippen molar-refractivity contribution in [1.82, 2.24) is 29.8 Å². The van der Waals surface area contributed by atoms with E-state index >= 15 is 0 Å². The van der Waals surface area contributed by atoms with Crippen LogP contribution < -0.4 is 0 Å². The Bertz CT molecular complexity index is 1040. The molecule has 5 rings (SSSR count). The Kier molecular flexibility index (Phi) is 5.29. The number of carbonyl (C=O) groups is 1. The lowest BCUT2D eigenvalue weighted by atomic mass is 9.74. The molecule has 2 fully saturated rings. The van der Waals surface area contributed by atoms with Crippen molar-refractivity contribution >= 4 is 5.91 Å². The molecular formula is C23H28N6O2. The van der Waals surface area contributed by atoms with Crippen LogP contribution in [0.4, 0.5) is 0 Å². The summed E-state index contributed by atoms with van der Waals surface area (Å²) in [4.78, 5) is 24.1. The van der Waals surface area contributed by atoms with Gasteiger partial charge >= 0.3 is 0 Å². The first-order valence-electron chi connectivity index (χ1n) is 11.1. The first-order valence-corrected chi connectivity index (χ1v) is 11.1. The Morgan fingerprint density at radius 1 is 1.32 bits per heavy atom. The molecule has 1 amide bonds. The number of carbonyl (C=O) groups excluding carboxylic acids is 1. The van der Waals surface area contributed by atoms with Gasteiger partial charge in [0.25, 0.3) is 5.89 Å². The van der Waals surface area contributed by atoms with Crippen LogP contribution in [0, 0.1) is 12.8 Å². The highest BCUT2D eigenvalue weighted by Gasteiger charge is 2.45. The van der Waals surface area contributed by atoms with Crippen molar-refractivity contribution in [3.05, 3.63) is 48.2 Å². The fraction of sp³-hybridized carbons (Fsp3) is 0.522. The van der Waals surface area contributed by atoms with Gasteiger partial charge in [0.2, 0.25) is 5.91 Å². The highest BCUT2D eigenvalue weighted by atomic mass is 16.5. The quantitative estimate of drug-likeness (QED) is 0.582. The Balaban J connectivity index is 1.34. The van der Waals surface area contributed by atoms with Crippen LogP contribution in [0.2, 0.25) is 0 Å². The highest BCUT2D eigenvalue weighted by molar-refractivity contribution is 5.76. The van der Waals surface area contributed by atoms with Crippen LogP contribution in [0.15, 0.2) is 41.3 Å². The zero-order chi connectivity index (χ0) is 21.3. The smallest absolute Gasteiger partial charge is 0.276 e. The van der Waals surface area contributed by atoms with E-state index in [1.54, 1.807) is 6.20 Å². The number of likely N-dealkylation sites (tertiary alicyclic amines) is 1. The van der Waals surface area contributed by atoms with Gasteiger partial charge in [-0.3, -0.25) is 14.5 Å². The summed E-state index contributed by atoms with van der Waals surface area (Å²) in [5.74, 6) is 2.03. The number of hydrogen-bond donors (Lipinski definition) is 0. The number of nitrogens with zero attached hydrogens (tertiary/aromatic N) is 6. The maximum absolute atomic E-state index is 13.0. The van der Waals surface area contributed by atoms with E-state index in [0.29, 0.717) is 37.0 Å². The van der Waals surface area contributed by atoms with E-state index in [1.807, 2.05) is 47.1 Å². The second kappa shape index (κ2) is 8.24. The van der Waals surface area contributed by atoms with Gasteiger partial charge in [-0.25, -0.2) is 0 Å². The number of rotatable bonds is 7. The van der Waals surface area contributed by atoms with E-state index in [2.05, 4.69) is 15.2 Å². The van der Waals surface area contributed by atoms with Gasteiger partial charge < -0.3 is 9.42 Å². The third-order valence-corrected chi connectivity index (χ3v) is 6.41. The molecular weight excluding hydrogens is 392 g/mol. The number of pyridine rings is 1. The first-order chi connectivity index (χ1) is 15.1. The minimum atomic E-state index is -0.242. The molecule has 1 saturated carbocycles. The van der Waals surface area contributed by atoms with Gasteiger partial charge in [-0.1, -0.05) is 24.1 Å². The standard InChI is InChI=1S/C23H28N6O2/c1-17-14-25-29(15-17)12-8-20(30)28-11-4-9-23(16-28,13-18-6-7-18)22-26-21(31-27-22)19-5-2-3-10-24-19/h2-3,5,10,14-15,18H,4,6-9,11-13,16H2,1H3. The second-order valence-electron chi connectivity index (χ2n) is 9.02. The maximum Gasteiger partial charge on any atom is 0.276 e. The third-order valence-electron chi connectivity index (χ3n) is 6.41. The van der Waals surface area contributed by atoms with Crippen LogP contribution in [-0.4, -0.2) is 48.8 Å². The molecule has 1 unspecified atom stereocenters. The van der Waals surface area contributed by atoms with E-state index in [1.165, 1.54) is 12.8 Å². The molecule has 0 spiro atoms. The average molecular weight is 421 g/mol. The topological polar surface area (TPSA) is 89.9 Å². The van der Waals surface area contributed by atoms with Crippen molar-refractivity contribution in [3.8, 4) is 11.6 Å². The predicted octanol–water partition coefficient (Wildman–Crippen LogP) is 3.39. The van der Waals surface area contributed by atoms with Crippen molar-refractivity contribution in [2.45, 2.75) is 57.4 Å². The SMILES string of the molecule is Cc1cnn(CCC(=O)N2CCCC(CC3CC3)(c3noc(-c4ccccn4)n3)C2)c1. The molecule has 3 aromatic rings. The van der Waals surface area contributed by atoms with Gasteiger partial charge in [-0.15, -0.1) is 0 Å². The van der Waals surface area contributed by atoms with Gasteiger partial charge in [-0.2, -0.15) is 10.1 Å². The van der Waals surface area contributed by atoms with Crippen LogP contribution in [-0.2, 0) is 16.8 Å². The maximum atomic E-state index is 13.0. The monoisotopic (exact) mass is 420 g/mol. The van der Waals surface area contributed by atoms with Crippen LogP contribution in [0.25, 0.3) is 11.6 Å². The normalized spacial score (nSPS) is 21.4. The Hall–Kier alpha value is -3.03. The summed E-state index contributed by atoms with van der Waals surface area (Å²) < 4.78 is 7.44. The van der Waals surface area contributed by atoms with Gasteiger partial charge in [0.05, 0.1) is 11.6 Å². The third kappa shape index (κ3) is 4.38. The molecule has 1 aliphatic heterocycles. The van der Waals surface area contributed by atoms with Gasteiger partial charge in [-0.05, 0) is 49.8 Å². The molecule has 162 valence electrons. The molecule has 4 heterocycles. The summed E-state index contributed by atoms with van der Waals surface area (Å²) in [7, 11) is 0. The molecule has 31 heavy (non-hydrogen) atoms. The Morgan fingerprint density at radius 2 is 2.23 bits per heavy atom. The summed E-state index contributed by atoms with van der Waals surface area (Å²) in [6, 6.07) is 5.65. The molecule has 0 radical (unpaired) electrons. The minimum Gasteiger partial charge on any atom is -0.342 e.